The van der Waals surface area contributed by atoms with Crippen LogP contribution in [0.3, 0.4) is 0 Å². The maximum absolute atomic E-state index is 7.38. The standard InChI is InChI=1S/C17H14N2/c1-13-7-8-16(19-12-13)15-9-10-18-17(11-15)14-5-3-2-4-6-14/h2-12H,1H3/i1D3. The van der Waals surface area contributed by atoms with Gasteiger partial charge in [-0.3, -0.25) is 9.97 Å². The smallest absolute Gasteiger partial charge is 0.0708 e. The van der Waals surface area contributed by atoms with Gasteiger partial charge in [-0.2, -0.15) is 0 Å². The first kappa shape index (κ1) is 8.59. The number of benzene rings is 1. The number of pyridine rings is 2. The summed E-state index contributed by atoms with van der Waals surface area (Å²) in [6, 6.07) is 17.0. The molecule has 0 radical (unpaired) electrons. The van der Waals surface area contributed by atoms with Crippen LogP contribution in [0.1, 0.15) is 9.68 Å². The van der Waals surface area contributed by atoms with Crippen LogP contribution in [0.15, 0.2) is 67.0 Å². The van der Waals surface area contributed by atoms with E-state index in [0.717, 1.165) is 22.5 Å². The van der Waals surface area contributed by atoms with E-state index in [9.17, 15) is 0 Å². The fourth-order valence-corrected chi connectivity index (χ4v) is 1.92. The van der Waals surface area contributed by atoms with E-state index in [-0.39, 0.29) is 5.56 Å². The highest BCUT2D eigenvalue weighted by Gasteiger charge is 2.03. The molecule has 19 heavy (non-hydrogen) atoms. The van der Waals surface area contributed by atoms with Gasteiger partial charge in [0.1, 0.15) is 0 Å². The first-order valence-electron chi connectivity index (χ1n) is 7.52. The van der Waals surface area contributed by atoms with Gasteiger partial charge in [0.15, 0.2) is 0 Å². The van der Waals surface area contributed by atoms with Gasteiger partial charge in [-0.25, -0.2) is 0 Å². The predicted octanol–water partition coefficient (Wildman–Crippen LogP) is 4.12. The molecule has 3 aromatic rings. The molecule has 2 heteroatoms. The number of aromatic nitrogens is 2. The Bertz CT molecular complexity index is 766. The third-order valence-electron chi connectivity index (χ3n) is 2.89. The molecule has 0 aliphatic carbocycles. The average molecular weight is 249 g/mol. The van der Waals surface area contributed by atoms with Gasteiger partial charge in [-0.05, 0) is 30.6 Å². The van der Waals surface area contributed by atoms with Crippen LogP contribution in [0.5, 0.6) is 0 Å². The van der Waals surface area contributed by atoms with Crippen LogP contribution in [-0.2, 0) is 0 Å². The van der Waals surface area contributed by atoms with Crippen molar-refractivity contribution in [3.05, 3.63) is 72.6 Å². The Hall–Kier alpha value is -2.48. The van der Waals surface area contributed by atoms with Gasteiger partial charge in [0.05, 0.1) is 11.4 Å². The first-order chi connectivity index (χ1) is 10.5. The monoisotopic (exact) mass is 249 g/mol. The number of hydrogen-bond acceptors (Lipinski definition) is 2. The van der Waals surface area contributed by atoms with Crippen molar-refractivity contribution in [2.75, 3.05) is 0 Å². The average Bonchev–Trinajstić information content (AvgIpc) is 2.55. The molecule has 0 amide bonds. The summed E-state index contributed by atoms with van der Waals surface area (Å²) in [5, 5.41) is 0. The van der Waals surface area contributed by atoms with Crippen molar-refractivity contribution in [2.24, 2.45) is 0 Å². The van der Waals surface area contributed by atoms with Crippen LogP contribution in [0.4, 0.5) is 0 Å². The van der Waals surface area contributed by atoms with Crippen LogP contribution in [0.2, 0.25) is 0 Å². The largest absolute Gasteiger partial charge is 0.256 e. The number of rotatable bonds is 2. The fraction of sp³-hybridized carbons (Fsp3) is 0.0588. The topological polar surface area (TPSA) is 25.8 Å². The molecule has 0 saturated carbocycles. The lowest BCUT2D eigenvalue weighted by molar-refractivity contribution is 1.25. The minimum Gasteiger partial charge on any atom is -0.256 e. The summed E-state index contributed by atoms with van der Waals surface area (Å²) in [6.07, 6.45) is 3.14. The first-order valence-corrected chi connectivity index (χ1v) is 6.02. The quantitative estimate of drug-likeness (QED) is 0.682. The number of nitrogens with zero attached hydrogens (tertiary/aromatic N) is 2. The van der Waals surface area contributed by atoms with Crippen molar-refractivity contribution >= 4 is 0 Å². The van der Waals surface area contributed by atoms with Gasteiger partial charge >= 0.3 is 0 Å². The summed E-state index contributed by atoms with van der Waals surface area (Å²) < 4.78 is 22.1. The molecular formula is C17H14N2. The lowest BCUT2D eigenvalue weighted by atomic mass is 10.1. The van der Waals surface area contributed by atoms with Crippen molar-refractivity contribution in [2.45, 2.75) is 6.85 Å². The van der Waals surface area contributed by atoms with Crippen molar-refractivity contribution < 1.29 is 4.11 Å². The van der Waals surface area contributed by atoms with E-state index in [0.29, 0.717) is 0 Å². The van der Waals surface area contributed by atoms with Gasteiger partial charge in [0.25, 0.3) is 0 Å². The summed E-state index contributed by atoms with van der Waals surface area (Å²) in [5.41, 5.74) is 3.77. The van der Waals surface area contributed by atoms with Crippen molar-refractivity contribution in [1.29, 1.82) is 0 Å². The minimum atomic E-state index is -2.13. The van der Waals surface area contributed by atoms with Crippen LogP contribution >= 0.6 is 0 Å². The molecule has 1 aromatic carbocycles. The molecule has 0 N–H and O–H groups in total. The second-order valence-electron chi connectivity index (χ2n) is 4.23. The molecule has 0 aliphatic heterocycles. The van der Waals surface area contributed by atoms with E-state index in [1.54, 1.807) is 18.3 Å². The van der Waals surface area contributed by atoms with E-state index in [2.05, 4.69) is 9.97 Å². The normalized spacial score (nSPS) is 13.4. The maximum atomic E-state index is 7.38. The highest BCUT2D eigenvalue weighted by Crippen LogP contribution is 2.23. The molecule has 0 unspecified atom stereocenters. The highest BCUT2D eigenvalue weighted by molar-refractivity contribution is 5.68. The second kappa shape index (κ2) is 5.02. The Morgan fingerprint density at radius 1 is 0.842 bits per heavy atom. The van der Waals surface area contributed by atoms with E-state index in [4.69, 9.17) is 4.11 Å². The van der Waals surface area contributed by atoms with Crippen molar-refractivity contribution in [3.63, 3.8) is 0 Å². The maximum Gasteiger partial charge on any atom is 0.0708 e. The van der Waals surface area contributed by atoms with Gasteiger partial charge in [-0.15, -0.1) is 0 Å². The molecule has 0 saturated heterocycles. The Morgan fingerprint density at radius 3 is 2.47 bits per heavy atom. The zero-order chi connectivity index (χ0) is 15.6. The summed E-state index contributed by atoms with van der Waals surface area (Å²) in [4.78, 5) is 8.64. The molecule has 0 aliphatic rings. The number of hydrogen-bond donors (Lipinski definition) is 0. The SMILES string of the molecule is [2H]C([2H])([2H])c1ccc(-c2ccnc(-c3ccccc3)c2)nc1. The van der Waals surface area contributed by atoms with Crippen LogP contribution < -0.4 is 0 Å². The van der Waals surface area contributed by atoms with E-state index < -0.39 is 6.85 Å². The van der Waals surface area contributed by atoms with Crippen molar-refractivity contribution in [3.8, 4) is 22.5 Å². The lowest BCUT2D eigenvalue weighted by Gasteiger charge is -2.04. The summed E-state index contributed by atoms with van der Waals surface area (Å²) >= 11 is 0. The molecular weight excluding hydrogens is 232 g/mol. The van der Waals surface area contributed by atoms with Crippen LogP contribution in [-0.4, -0.2) is 9.97 Å². The summed E-state index contributed by atoms with van der Waals surface area (Å²) in [7, 11) is 0. The summed E-state index contributed by atoms with van der Waals surface area (Å²) in [5.74, 6) is 0. The molecule has 92 valence electrons. The van der Waals surface area contributed by atoms with E-state index in [1.165, 1.54) is 6.20 Å². The number of aryl methyl sites for hydroxylation is 1. The Labute approximate surface area is 117 Å². The zero-order valence-corrected chi connectivity index (χ0v) is 10.2. The third kappa shape index (κ3) is 2.52. The fourth-order valence-electron chi connectivity index (χ4n) is 1.92. The van der Waals surface area contributed by atoms with Gasteiger partial charge in [0.2, 0.25) is 0 Å². The summed E-state index contributed by atoms with van der Waals surface area (Å²) in [6.45, 7) is -2.13. The molecule has 3 rings (SSSR count). The molecule has 2 aromatic heterocycles. The van der Waals surface area contributed by atoms with Gasteiger partial charge in [0, 0.05) is 27.6 Å². The van der Waals surface area contributed by atoms with Crippen LogP contribution in [0, 0.1) is 6.85 Å². The van der Waals surface area contributed by atoms with Crippen molar-refractivity contribution in [1.82, 2.24) is 9.97 Å². The van der Waals surface area contributed by atoms with E-state index >= 15 is 0 Å². The Balaban J connectivity index is 1.96. The van der Waals surface area contributed by atoms with Gasteiger partial charge in [-0.1, -0.05) is 36.4 Å². The molecule has 0 spiro atoms. The zero-order valence-electron chi connectivity index (χ0n) is 13.2. The Kier molecular flexibility index (Phi) is 2.27. The minimum absolute atomic E-state index is 0.244. The van der Waals surface area contributed by atoms with Gasteiger partial charge < -0.3 is 0 Å². The molecule has 0 bridgehead atoms. The highest BCUT2D eigenvalue weighted by atomic mass is 14.7. The van der Waals surface area contributed by atoms with Crippen LogP contribution in [0.25, 0.3) is 22.5 Å². The second-order valence-corrected chi connectivity index (χ2v) is 4.23. The Morgan fingerprint density at radius 2 is 1.74 bits per heavy atom. The molecule has 0 atom stereocenters. The lowest BCUT2D eigenvalue weighted by Crippen LogP contribution is -1.87. The molecule has 0 fully saturated rings. The molecule has 2 nitrogen and oxygen atoms in total. The third-order valence-corrected chi connectivity index (χ3v) is 2.89. The predicted molar refractivity (Wildman–Crippen MR) is 77.6 cm³/mol. The van der Waals surface area contributed by atoms with E-state index in [1.807, 2.05) is 42.5 Å². The molecule has 2 heterocycles.